The number of ether oxygens (including phenoxy) is 1. The van der Waals surface area contributed by atoms with Crippen LogP contribution in [-0.4, -0.2) is 22.0 Å². The van der Waals surface area contributed by atoms with Crippen molar-refractivity contribution in [2.24, 2.45) is 0 Å². The van der Waals surface area contributed by atoms with Gasteiger partial charge in [-0.15, -0.1) is 0 Å². The number of fused-ring (bicyclic) bond motifs is 1. The summed E-state index contributed by atoms with van der Waals surface area (Å²) in [5, 5.41) is 10.7. The zero-order valence-electron chi connectivity index (χ0n) is 12.1. The molecule has 0 radical (unpaired) electrons. The average Bonchev–Trinajstić information content (AvgIpc) is 2.97. The molecule has 4 heteroatoms. The first-order valence-electron chi connectivity index (χ1n) is 7.29. The first-order chi connectivity index (χ1) is 9.75. The van der Waals surface area contributed by atoms with E-state index in [0.717, 1.165) is 31.7 Å². The number of aromatic amines is 1. The number of nitrogens with one attached hydrogen (secondary N) is 1. The van der Waals surface area contributed by atoms with Gasteiger partial charge in [0.15, 0.2) is 0 Å². The topological polar surface area (TPSA) is 50.8 Å². The molecule has 4 nitrogen and oxygen atoms in total. The number of aryl methyl sites for hydroxylation is 1. The molecule has 1 N–H and O–H groups in total. The molecule has 0 bridgehead atoms. The highest BCUT2D eigenvalue weighted by molar-refractivity contribution is 5.40. The van der Waals surface area contributed by atoms with Crippen LogP contribution in [0, 0.1) is 0 Å². The van der Waals surface area contributed by atoms with Crippen molar-refractivity contribution in [2.75, 3.05) is 6.61 Å². The van der Waals surface area contributed by atoms with Gasteiger partial charge in [-0.25, -0.2) is 0 Å². The number of hydrogen-bond donors (Lipinski definition) is 1. The van der Waals surface area contributed by atoms with E-state index in [1.807, 2.05) is 0 Å². The summed E-state index contributed by atoms with van der Waals surface area (Å²) in [6.45, 7) is 6.06. The smallest absolute Gasteiger partial charge is 0.0824 e. The van der Waals surface area contributed by atoms with Crippen molar-refractivity contribution in [1.29, 1.82) is 0 Å². The lowest BCUT2D eigenvalue weighted by atomic mass is 9.84. The fourth-order valence-corrected chi connectivity index (χ4v) is 3.01. The molecule has 0 saturated heterocycles. The van der Waals surface area contributed by atoms with Gasteiger partial charge in [-0.3, -0.25) is 0 Å². The third-order valence-electron chi connectivity index (χ3n) is 4.09. The number of nitrogens with zero attached hydrogens (tertiary/aromatic N) is 2. The second-order valence-electron chi connectivity index (χ2n) is 5.78. The lowest BCUT2D eigenvalue weighted by molar-refractivity contribution is 0.0879. The molecule has 1 aliphatic rings. The number of aromatic nitrogens is 3. The molecule has 1 aromatic heterocycles. The van der Waals surface area contributed by atoms with E-state index in [9.17, 15) is 0 Å². The van der Waals surface area contributed by atoms with Crippen LogP contribution in [0.4, 0.5) is 0 Å². The number of H-pyrrole nitrogens is 1. The largest absolute Gasteiger partial charge is 0.376 e. The van der Waals surface area contributed by atoms with Crippen molar-refractivity contribution in [1.82, 2.24) is 15.4 Å². The minimum Gasteiger partial charge on any atom is -0.376 e. The maximum absolute atomic E-state index is 5.83. The summed E-state index contributed by atoms with van der Waals surface area (Å²) in [4.78, 5) is 0. The van der Waals surface area contributed by atoms with Crippen LogP contribution in [0.25, 0.3) is 0 Å². The standard InChI is InChI=1S/C16H21N3O/c1-11(2)14-4-3-5-15-12(9-20-10-16(14)15)6-7-13-8-17-19-18-13/h3-5,8,11-12H,6-7,9-10H2,1-2H3,(H,17,18,19). The van der Waals surface area contributed by atoms with E-state index in [2.05, 4.69) is 47.5 Å². The average molecular weight is 271 g/mol. The summed E-state index contributed by atoms with van der Waals surface area (Å²) in [5.74, 6) is 1.01. The van der Waals surface area contributed by atoms with Crippen molar-refractivity contribution >= 4 is 0 Å². The molecule has 2 aromatic rings. The second kappa shape index (κ2) is 5.75. The van der Waals surface area contributed by atoms with Crippen molar-refractivity contribution in [3.8, 4) is 0 Å². The van der Waals surface area contributed by atoms with E-state index in [1.165, 1.54) is 16.7 Å². The zero-order chi connectivity index (χ0) is 13.9. The predicted molar refractivity (Wildman–Crippen MR) is 77.6 cm³/mol. The molecule has 0 fully saturated rings. The molecule has 1 atom stereocenters. The van der Waals surface area contributed by atoms with Crippen molar-refractivity contribution in [3.63, 3.8) is 0 Å². The molecule has 0 aliphatic carbocycles. The van der Waals surface area contributed by atoms with Gasteiger partial charge in [0.2, 0.25) is 0 Å². The first kappa shape index (κ1) is 13.3. The van der Waals surface area contributed by atoms with Crippen LogP contribution in [0.5, 0.6) is 0 Å². The SMILES string of the molecule is CC(C)c1cccc2c1COCC2CCc1cn[nH]n1. The van der Waals surface area contributed by atoms with E-state index in [-0.39, 0.29) is 0 Å². The molecule has 0 spiro atoms. The number of benzene rings is 1. The van der Waals surface area contributed by atoms with Crippen molar-refractivity contribution in [3.05, 3.63) is 46.8 Å². The minimum atomic E-state index is 0.467. The fourth-order valence-electron chi connectivity index (χ4n) is 3.01. The Hall–Kier alpha value is -1.68. The third-order valence-corrected chi connectivity index (χ3v) is 4.09. The van der Waals surface area contributed by atoms with Crippen LogP contribution in [0.1, 0.15) is 54.5 Å². The summed E-state index contributed by atoms with van der Waals surface area (Å²) in [7, 11) is 0. The van der Waals surface area contributed by atoms with Crippen molar-refractivity contribution < 1.29 is 4.74 Å². The van der Waals surface area contributed by atoms with E-state index >= 15 is 0 Å². The molecule has 20 heavy (non-hydrogen) atoms. The van der Waals surface area contributed by atoms with Gasteiger partial charge in [0, 0.05) is 5.92 Å². The van der Waals surface area contributed by atoms with Gasteiger partial charge in [0.25, 0.3) is 0 Å². The molecule has 1 aliphatic heterocycles. The first-order valence-corrected chi connectivity index (χ1v) is 7.29. The number of hydrogen-bond acceptors (Lipinski definition) is 3. The monoisotopic (exact) mass is 271 g/mol. The summed E-state index contributed by atoms with van der Waals surface area (Å²) in [6, 6.07) is 6.67. The summed E-state index contributed by atoms with van der Waals surface area (Å²) >= 11 is 0. The van der Waals surface area contributed by atoms with Crippen LogP contribution in [0.2, 0.25) is 0 Å². The minimum absolute atomic E-state index is 0.467. The van der Waals surface area contributed by atoms with Gasteiger partial charge in [0.05, 0.1) is 25.1 Å². The summed E-state index contributed by atoms with van der Waals surface area (Å²) in [5.41, 5.74) is 5.32. The van der Waals surface area contributed by atoms with Crippen LogP contribution < -0.4 is 0 Å². The summed E-state index contributed by atoms with van der Waals surface area (Å²) < 4.78 is 5.83. The van der Waals surface area contributed by atoms with Gasteiger partial charge >= 0.3 is 0 Å². The maximum Gasteiger partial charge on any atom is 0.0824 e. The Morgan fingerprint density at radius 2 is 2.30 bits per heavy atom. The van der Waals surface area contributed by atoms with Gasteiger partial charge < -0.3 is 4.74 Å². The molecule has 0 amide bonds. The van der Waals surface area contributed by atoms with E-state index < -0.39 is 0 Å². The Morgan fingerprint density at radius 3 is 3.05 bits per heavy atom. The van der Waals surface area contributed by atoms with Crippen LogP contribution in [-0.2, 0) is 17.8 Å². The third kappa shape index (κ3) is 2.61. The molecule has 1 aromatic carbocycles. The van der Waals surface area contributed by atoms with Gasteiger partial charge in [-0.2, -0.15) is 15.4 Å². The highest BCUT2D eigenvalue weighted by Crippen LogP contribution is 2.34. The van der Waals surface area contributed by atoms with E-state index in [0.29, 0.717) is 11.8 Å². The molecule has 106 valence electrons. The Labute approximate surface area is 119 Å². The molecular weight excluding hydrogens is 250 g/mol. The molecular formula is C16H21N3O. The summed E-state index contributed by atoms with van der Waals surface area (Å²) in [6.07, 6.45) is 3.80. The highest BCUT2D eigenvalue weighted by atomic mass is 16.5. The Balaban J connectivity index is 1.81. The van der Waals surface area contributed by atoms with Gasteiger partial charge in [-0.05, 0) is 35.4 Å². The second-order valence-corrected chi connectivity index (χ2v) is 5.78. The molecule has 3 rings (SSSR count). The lowest BCUT2D eigenvalue weighted by Gasteiger charge is -2.28. The predicted octanol–water partition coefficient (Wildman–Crippen LogP) is 3.17. The molecule has 0 saturated carbocycles. The Kier molecular flexibility index (Phi) is 3.83. The fraction of sp³-hybridized carbons (Fsp3) is 0.500. The van der Waals surface area contributed by atoms with Gasteiger partial charge in [-0.1, -0.05) is 32.0 Å². The zero-order valence-corrected chi connectivity index (χ0v) is 12.1. The normalized spacial score (nSPS) is 18.2. The maximum atomic E-state index is 5.83. The number of rotatable bonds is 4. The van der Waals surface area contributed by atoms with Gasteiger partial charge in [0.1, 0.15) is 0 Å². The van der Waals surface area contributed by atoms with Crippen LogP contribution in [0.3, 0.4) is 0 Å². The van der Waals surface area contributed by atoms with E-state index in [4.69, 9.17) is 4.74 Å². The Morgan fingerprint density at radius 1 is 1.40 bits per heavy atom. The molecule has 1 unspecified atom stereocenters. The quantitative estimate of drug-likeness (QED) is 0.929. The lowest BCUT2D eigenvalue weighted by Crippen LogP contribution is -2.19. The van der Waals surface area contributed by atoms with E-state index in [1.54, 1.807) is 6.20 Å². The van der Waals surface area contributed by atoms with Crippen molar-refractivity contribution in [2.45, 2.75) is 45.1 Å². The molecule has 2 heterocycles. The van der Waals surface area contributed by atoms with Crippen LogP contribution in [0.15, 0.2) is 24.4 Å². The van der Waals surface area contributed by atoms with Crippen LogP contribution >= 0.6 is 0 Å². The highest BCUT2D eigenvalue weighted by Gasteiger charge is 2.23. The Bertz CT molecular complexity index is 563.